The first-order valence-corrected chi connectivity index (χ1v) is 12.0. The molecule has 2 unspecified atom stereocenters. The summed E-state index contributed by atoms with van der Waals surface area (Å²) in [5.74, 6) is 0.0193. The second kappa shape index (κ2) is 11.2. The molecule has 3 aromatic rings. The number of halogens is 2. The highest BCUT2D eigenvalue weighted by atomic mass is 35.5. The third kappa shape index (κ3) is 6.36. The summed E-state index contributed by atoms with van der Waals surface area (Å²) in [6, 6.07) is 25.4. The molecule has 1 saturated heterocycles. The van der Waals surface area contributed by atoms with Crippen molar-refractivity contribution in [2.75, 3.05) is 19.6 Å². The van der Waals surface area contributed by atoms with E-state index in [1.54, 1.807) is 12.1 Å². The number of carbonyl (C=O) groups excluding carboxylic acids is 1. The van der Waals surface area contributed by atoms with Crippen LogP contribution in [0.2, 0.25) is 10.0 Å². The number of hydrogen-bond donors (Lipinski definition) is 1. The van der Waals surface area contributed by atoms with E-state index in [1.807, 2.05) is 59.5 Å². The van der Waals surface area contributed by atoms with E-state index in [1.165, 1.54) is 0 Å². The number of rotatable bonds is 8. The Morgan fingerprint density at radius 2 is 1.67 bits per heavy atom. The second-order valence-corrected chi connectivity index (χ2v) is 9.38. The van der Waals surface area contributed by atoms with Crippen molar-refractivity contribution in [2.24, 2.45) is 0 Å². The Kier molecular flexibility index (Phi) is 8.05. The van der Waals surface area contributed by atoms with Gasteiger partial charge in [-0.05, 0) is 35.2 Å². The molecular weight excluding hydrogens is 455 g/mol. The van der Waals surface area contributed by atoms with Crippen molar-refractivity contribution in [1.82, 2.24) is 9.80 Å². The molecule has 1 aliphatic rings. The summed E-state index contributed by atoms with van der Waals surface area (Å²) in [4.78, 5) is 17.9. The van der Waals surface area contributed by atoms with Crippen molar-refractivity contribution in [3.63, 3.8) is 0 Å². The van der Waals surface area contributed by atoms with Crippen molar-refractivity contribution in [3.8, 4) is 0 Å². The molecule has 0 saturated carbocycles. The van der Waals surface area contributed by atoms with Gasteiger partial charge in [0.15, 0.2) is 0 Å². The number of β-amino-alcohol motifs (C(OH)–C–C–N with tert-alkyl or cyclic N) is 1. The fourth-order valence-corrected chi connectivity index (χ4v) is 4.68. The predicted molar refractivity (Wildman–Crippen MR) is 133 cm³/mol. The Balaban J connectivity index is 1.66. The minimum atomic E-state index is -0.309. The quantitative estimate of drug-likeness (QED) is 0.469. The van der Waals surface area contributed by atoms with E-state index in [-0.39, 0.29) is 24.5 Å². The Morgan fingerprint density at radius 1 is 0.970 bits per heavy atom. The smallest absolute Gasteiger partial charge is 0.227 e. The van der Waals surface area contributed by atoms with Gasteiger partial charge < -0.3 is 10.0 Å². The average Bonchev–Trinajstić information content (AvgIpc) is 3.24. The highest BCUT2D eigenvalue weighted by molar-refractivity contribution is 6.42. The standard InChI is InChI=1S/C27H28Cl2N2O2/c28-24-12-11-21(15-25(24)29)16-27(33)31(17-20-7-3-1-4-8-20)26(22-9-5-2-6-10-22)19-30-14-13-23(32)18-30/h1-12,15,23,26,32H,13-14,16-19H2. The molecule has 4 nitrogen and oxygen atoms in total. The summed E-state index contributed by atoms with van der Waals surface area (Å²) in [5, 5.41) is 11.0. The van der Waals surface area contributed by atoms with E-state index in [0.717, 1.165) is 29.7 Å². The first-order chi connectivity index (χ1) is 16.0. The Morgan fingerprint density at radius 3 is 2.30 bits per heavy atom. The maximum Gasteiger partial charge on any atom is 0.227 e. The van der Waals surface area contributed by atoms with E-state index in [4.69, 9.17) is 23.2 Å². The van der Waals surface area contributed by atoms with Crippen LogP contribution in [-0.4, -0.2) is 46.6 Å². The van der Waals surface area contributed by atoms with Crippen molar-refractivity contribution in [1.29, 1.82) is 0 Å². The molecule has 2 atom stereocenters. The third-order valence-corrected chi connectivity index (χ3v) is 6.83. The van der Waals surface area contributed by atoms with Crippen LogP contribution >= 0.6 is 23.2 Å². The van der Waals surface area contributed by atoms with Gasteiger partial charge in [0.2, 0.25) is 5.91 Å². The number of likely N-dealkylation sites (tertiary alicyclic amines) is 1. The predicted octanol–water partition coefficient (Wildman–Crippen LogP) is 5.37. The number of carbonyl (C=O) groups is 1. The molecule has 3 aromatic carbocycles. The van der Waals surface area contributed by atoms with Crippen LogP contribution < -0.4 is 0 Å². The maximum atomic E-state index is 13.7. The molecule has 1 aliphatic heterocycles. The summed E-state index contributed by atoms with van der Waals surface area (Å²) >= 11 is 12.3. The van der Waals surface area contributed by atoms with Crippen LogP contribution in [0.25, 0.3) is 0 Å². The SMILES string of the molecule is O=C(Cc1ccc(Cl)c(Cl)c1)N(Cc1ccccc1)C(CN1CCC(O)C1)c1ccccc1. The van der Waals surface area contributed by atoms with Crippen LogP contribution in [0, 0.1) is 0 Å². The fourth-order valence-electron chi connectivity index (χ4n) is 4.36. The number of aliphatic hydroxyl groups is 1. The molecule has 1 amide bonds. The van der Waals surface area contributed by atoms with E-state index >= 15 is 0 Å². The van der Waals surface area contributed by atoms with Gasteiger partial charge in [0.1, 0.15) is 0 Å². The molecular formula is C27H28Cl2N2O2. The highest BCUT2D eigenvalue weighted by Gasteiger charge is 2.30. The molecule has 0 radical (unpaired) electrons. The van der Waals surface area contributed by atoms with Crippen LogP contribution in [0.15, 0.2) is 78.9 Å². The Hall–Kier alpha value is -2.37. The highest BCUT2D eigenvalue weighted by Crippen LogP contribution is 2.28. The summed E-state index contributed by atoms with van der Waals surface area (Å²) in [7, 11) is 0. The first-order valence-electron chi connectivity index (χ1n) is 11.2. The lowest BCUT2D eigenvalue weighted by Gasteiger charge is -2.35. The van der Waals surface area contributed by atoms with Gasteiger partial charge in [-0.25, -0.2) is 0 Å². The molecule has 0 aliphatic carbocycles. The average molecular weight is 483 g/mol. The van der Waals surface area contributed by atoms with Crippen molar-refractivity contribution in [2.45, 2.75) is 31.5 Å². The molecule has 0 bridgehead atoms. The van der Waals surface area contributed by atoms with Gasteiger partial charge in [-0.15, -0.1) is 0 Å². The first kappa shape index (κ1) is 23.8. The minimum absolute atomic E-state index is 0.0193. The van der Waals surface area contributed by atoms with E-state index in [2.05, 4.69) is 17.0 Å². The maximum absolute atomic E-state index is 13.7. The monoisotopic (exact) mass is 482 g/mol. The largest absolute Gasteiger partial charge is 0.392 e. The minimum Gasteiger partial charge on any atom is -0.392 e. The number of nitrogens with zero attached hydrogens (tertiary/aromatic N) is 2. The molecule has 0 aromatic heterocycles. The fraction of sp³-hybridized carbons (Fsp3) is 0.296. The van der Waals surface area contributed by atoms with Gasteiger partial charge in [-0.1, -0.05) is 89.9 Å². The van der Waals surface area contributed by atoms with Gasteiger partial charge in [-0.2, -0.15) is 0 Å². The van der Waals surface area contributed by atoms with Gasteiger partial charge in [0.25, 0.3) is 0 Å². The summed E-state index contributed by atoms with van der Waals surface area (Å²) < 4.78 is 0. The number of hydrogen-bond acceptors (Lipinski definition) is 3. The molecule has 6 heteroatoms. The van der Waals surface area contributed by atoms with Gasteiger partial charge in [-0.3, -0.25) is 9.69 Å². The van der Waals surface area contributed by atoms with Gasteiger partial charge in [0.05, 0.1) is 28.6 Å². The number of amides is 1. The normalized spacial score (nSPS) is 17.1. The zero-order valence-electron chi connectivity index (χ0n) is 18.4. The molecule has 1 fully saturated rings. The molecule has 4 rings (SSSR count). The Labute approximate surface area is 205 Å². The van der Waals surface area contributed by atoms with Crippen LogP contribution in [0.5, 0.6) is 0 Å². The molecule has 33 heavy (non-hydrogen) atoms. The van der Waals surface area contributed by atoms with Crippen molar-refractivity contribution < 1.29 is 9.90 Å². The topological polar surface area (TPSA) is 43.8 Å². The van der Waals surface area contributed by atoms with E-state index < -0.39 is 0 Å². The van der Waals surface area contributed by atoms with Crippen molar-refractivity contribution >= 4 is 29.1 Å². The summed E-state index contributed by atoms with van der Waals surface area (Å²) in [5.41, 5.74) is 2.98. The van der Waals surface area contributed by atoms with Crippen LogP contribution in [0.4, 0.5) is 0 Å². The van der Waals surface area contributed by atoms with Gasteiger partial charge in [0, 0.05) is 26.2 Å². The lowest BCUT2D eigenvalue weighted by atomic mass is 10.0. The van der Waals surface area contributed by atoms with Crippen LogP contribution in [0.1, 0.15) is 29.2 Å². The summed E-state index contributed by atoms with van der Waals surface area (Å²) in [6.07, 6.45) is 0.684. The third-order valence-electron chi connectivity index (χ3n) is 6.09. The number of aliphatic hydroxyl groups excluding tert-OH is 1. The molecule has 172 valence electrons. The second-order valence-electron chi connectivity index (χ2n) is 8.56. The molecule has 1 N–H and O–H groups in total. The lowest BCUT2D eigenvalue weighted by Crippen LogP contribution is -2.41. The lowest BCUT2D eigenvalue weighted by molar-refractivity contribution is -0.134. The van der Waals surface area contributed by atoms with Crippen LogP contribution in [0.3, 0.4) is 0 Å². The molecule has 0 spiro atoms. The van der Waals surface area contributed by atoms with Crippen LogP contribution in [-0.2, 0) is 17.8 Å². The molecule has 1 heterocycles. The Bertz CT molecular complexity index is 1060. The van der Waals surface area contributed by atoms with Crippen molar-refractivity contribution in [3.05, 3.63) is 106 Å². The van der Waals surface area contributed by atoms with E-state index in [0.29, 0.717) is 29.7 Å². The zero-order chi connectivity index (χ0) is 23.2. The summed E-state index contributed by atoms with van der Waals surface area (Å²) in [6.45, 7) is 2.62. The number of benzene rings is 3. The van der Waals surface area contributed by atoms with E-state index in [9.17, 15) is 9.90 Å². The van der Waals surface area contributed by atoms with Gasteiger partial charge >= 0.3 is 0 Å². The zero-order valence-corrected chi connectivity index (χ0v) is 19.9.